The number of aromatic nitrogens is 1. The van der Waals surface area contributed by atoms with Crippen LogP contribution in [-0.4, -0.2) is 43.8 Å². The summed E-state index contributed by atoms with van der Waals surface area (Å²) in [6.45, 7) is 2.57. The van der Waals surface area contributed by atoms with Crippen molar-refractivity contribution in [2.24, 2.45) is 5.92 Å². The Labute approximate surface area is 192 Å². The van der Waals surface area contributed by atoms with Crippen LogP contribution in [-0.2, 0) is 14.8 Å². The van der Waals surface area contributed by atoms with Crippen molar-refractivity contribution in [3.63, 3.8) is 0 Å². The highest BCUT2D eigenvalue weighted by molar-refractivity contribution is 7.89. The first-order chi connectivity index (χ1) is 15.4. The summed E-state index contributed by atoms with van der Waals surface area (Å²) < 4.78 is 32.6. The van der Waals surface area contributed by atoms with Gasteiger partial charge in [-0.25, -0.2) is 13.4 Å². The van der Waals surface area contributed by atoms with Crippen molar-refractivity contribution in [1.29, 1.82) is 0 Å². The number of benzene rings is 2. The number of aryl methyl sites for hydroxylation is 1. The third kappa shape index (κ3) is 4.85. The minimum absolute atomic E-state index is 0.149. The molecule has 0 aliphatic carbocycles. The van der Waals surface area contributed by atoms with Crippen molar-refractivity contribution in [3.8, 4) is 17.0 Å². The minimum Gasteiger partial charge on any atom is -0.497 e. The number of hydrogen-bond acceptors (Lipinski definition) is 6. The number of hydrogen-bond donors (Lipinski definition) is 1. The summed E-state index contributed by atoms with van der Waals surface area (Å²) in [6.07, 6.45) is 1.26. The number of anilines is 1. The summed E-state index contributed by atoms with van der Waals surface area (Å²) in [5.74, 6) is -0.0405. The van der Waals surface area contributed by atoms with Gasteiger partial charge in [-0.3, -0.25) is 4.79 Å². The van der Waals surface area contributed by atoms with Gasteiger partial charge in [-0.1, -0.05) is 29.8 Å². The third-order valence-corrected chi connectivity index (χ3v) is 8.17. The number of amides is 1. The Morgan fingerprint density at radius 3 is 2.56 bits per heavy atom. The Morgan fingerprint density at radius 1 is 1.16 bits per heavy atom. The van der Waals surface area contributed by atoms with E-state index < -0.39 is 15.9 Å². The van der Waals surface area contributed by atoms with Gasteiger partial charge in [-0.2, -0.15) is 4.31 Å². The molecule has 0 bridgehead atoms. The average Bonchev–Trinajstić information content (AvgIpc) is 3.28. The molecule has 9 heteroatoms. The molecular weight excluding hydrogens is 446 g/mol. The molecule has 168 valence electrons. The van der Waals surface area contributed by atoms with Crippen LogP contribution in [0, 0.1) is 12.8 Å². The van der Waals surface area contributed by atoms with Crippen molar-refractivity contribution in [1.82, 2.24) is 9.29 Å². The summed E-state index contributed by atoms with van der Waals surface area (Å²) in [5, 5.41) is 5.29. The van der Waals surface area contributed by atoms with Crippen molar-refractivity contribution in [2.75, 3.05) is 25.5 Å². The highest BCUT2D eigenvalue weighted by Gasteiger charge is 2.33. The fourth-order valence-electron chi connectivity index (χ4n) is 3.67. The molecule has 2 heterocycles. The van der Waals surface area contributed by atoms with Gasteiger partial charge < -0.3 is 10.1 Å². The highest BCUT2D eigenvalue weighted by Crippen LogP contribution is 2.28. The lowest BCUT2D eigenvalue weighted by atomic mass is 9.99. The van der Waals surface area contributed by atoms with Crippen LogP contribution in [0.2, 0.25) is 0 Å². The van der Waals surface area contributed by atoms with Gasteiger partial charge in [0.1, 0.15) is 5.75 Å². The van der Waals surface area contributed by atoms with E-state index in [1.807, 2.05) is 36.6 Å². The van der Waals surface area contributed by atoms with E-state index in [4.69, 9.17) is 4.74 Å². The zero-order valence-electron chi connectivity index (χ0n) is 17.9. The summed E-state index contributed by atoms with van der Waals surface area (Å²) in [6, 6.07) is 14.3. The molecule has 0 spiro atoms. The van der Waals surface area contributed by atoms with Crippen LogP contribution in [0.1, 0.15) is 18.4 Å². The fraction of sp³-hybridized carbons (Fsp3) is 0.304. The van der Waals surface area contributed by atoms with Crippen LogP contribution in [0.4, 0.5) is 5.13 Å². The van der Waals surface area contributed by atoms with E-state index in [0.717, 1.165) is 11.3 Å². The number of ether oxygens (including phenoxy) is 1. The first-order valence-corrected chi connectivity index (χ1v) is 12.7. The molecule has 1 aliphatic heterocycles. The van der Waals surface area contributed by atoms with Crippen LogP contribution in [0.25, 0.3) is 11.3 Å². The Hall–Kier alpha value is -2.75. The maximum absolute atomic E-state index is 13.0. The second-order valence-corrected chi connectivity index (χ2v) is 10.6. The molecule has 1 fully saturated rings. The van der Waals surface area contributed by atoms with Crippen LogP contribution in [0.3, 0.4) is 0 Å². The predicted octanol–water partition coefficient (Wildman–Crippen LogP) is 4.17. The molecule has 7 nitrogen and oxygen atoms in total. The monoisotopic (exact) mass is 471 g/mol. The molecule has 1 aromatic heterocycles. The number of carbonyl (C=O) groups is 1. The molecule has 1 N–H and O–H groups in total. The van der Waals surface area contributed by atoms with Gasteiger partial charge in [-0.15, -0.1) is 11.3 Å². The molecule has 0 saturated carbocycles. The smallest absolute Gasteiger partial charge is 0.243 e. The number of rotatable bonds is 6. The minimum atomic E-state index is -3.68. The summed E-state index contributed by atoms with van der Waals surface area (Å²) in [4.78, 5) is 17.6. The molecule has 1 saturated heterocycles. The molecule has 2 aromatic carbocycles. The molecule has 32 heavy (non-hydrogen) atoms. The van der Waals surface area contributed by atoms with Gasteiger partial charge in [0.15, 0.2) is 5.13 Å². The van der Waals surface area contributed by atoms with E-state index in [-0.39, 0.29) is 17.3 Å². The molecule has 3 aromatic rings. The van der Waals surface area contributed by atoms with E-state index in [2.05, 4.69) is 10.3 Å². The van der Waals surface area contributed by atoms with Gasteiger partial charge in [-0.05, 0) is 44.0 Å². The van der Waals surface area contributed by atoms with Gasteiger partial charge >= 0.3 is 0 Å². The zero-order chi connectivity index (χ0) is 22.7. The first kappa shape index (κ1) is 22.4. The highest BCUT2D eigenvalue weighted by atomic mass is 32.2. The number of piperidine rings is 1. The van der Waals surface area contributed by atoms with Gasteiger partial charge in [0, 0.05) is 24.0 Å². The maximum atomic E-state index is 13.0. The van der Waals surface area contributed by atoms with E-state index in [9.17, 15) is 13.2 Å². The normalized spacial score (nSPS) is 17.1. The maximum Gasteiger partial charge on any atom is 0.243 e. The Kier molecular flexibility index (Phi) is 6.59. The van der Waals surface area contributed by atoms with Crippen LogP contribution in [0.5, 0.6) is 5.75 Å². The number of nitrogens with one attached hydrogen (secondary N) is 1. The van der Waals surface area contributed by atoms with Crippen molar-refractivity contribution >= 4 is 32.4 Å². The molecule has 1 unspecified atom stereocenters. The summed E-state index contributed by atoms with van der Waals surface area (Å²) in [7, 11) is -2.15. The lowest BCUT2D eigenvalue weighted by molar-refractivity contribution is -0.120. The second kappa shape index (κ2) is 9.40. The number of nitrogens with zero attached hydrogens (tertiary/aromatic N) is 2. The third-order valence-electron chi connectivity index (χ3n) is 5.53. The van der Waals surface area contributed by atoms with Crippen LogP contribution >= 0.6 is 11.3 Å². The van der Waals surface area contributed by atoms with E-state index >= 15 is 0 Å². The van der Waals surface area contributed by atoms with Gasteiger partial charge in [0.2, 0.25) is 15.9 Å². The van der Waals surface area contributed by atoms with E-state index in [1.54, 1.807) is 12.1 Å². The number of thiazole rings is 1. The Bertz CT molecular complexity index is 1190. The molecule has 1 amide bonds. The number of sulfonamides is 1. The lowest BCUT2D eigenvalue weighted by Crippen LogP contribution is -2.43. The van der Waals surface area contributed by atoms with Crippen LogP contribution in [0.15, 0.2) is 58.8 Å². The largest absolute Gasteiger partial charge is 0.497 e. The molecule has 0 radical (unpaired) electrons. The molecule has 1 atom stereocenters. The summed E-state index contributed by atoms with van der Waals surface area (Å²) in [5.41, 5.74) is 2.96. The number of methoxy groups -OCH3 is 1. The SMILES string of the molecule is COc1ccc(S(=O)(=O)N2CCCC(C(=O)Nc3nc(-c4ccc(C)cc4)cs3)C2)cc1. The standard InChI is InChI=1S/C23H25N3O4S2/c1-16-5-7-17(8-6-16)21-15-31-23(24-21)25-22(27)18-4-3-13-26(14-18)32(28,29)20-11-9-19(30-2)10-12-20/h5-12,15,18H,3-4,13-14H2,1-2H3,(H,24,25,27). The second-order valence-electron chi connectivity index (χ2n) is 7.77. The first-order valence-electron chi connectivity index (χ1n) is 10.3. The molecule has 4 rings (SSSR count). The quantitative estimate of drug-likeness (QED) is 0.583. The molecular formula is C23H25N3O4S2. The lowest BCUT2D eigenvalue weighted by Gasteiger charge is -2.31. The fourth-order valence-corrected chi connectivity index (χ4v) is 5.91. The Balaban J connectivity index is 1.43. The van der Waals surface area contributed by atoms with Crippen molar-refractivity contribution < 1.29 is 17.9 Å². The van der Waals surface area contributed by atoms with E-state index in [0.29, 0.717) is 30.3 Å². The number of carbonyl (C=O) groups excluding carboxylic acids is 1. The van der Waals surface area contributed by atoms with Crippen molar-refractivity contribution in [3.05, 3.63) is 59.5 Å². The molecule has 1 aliphatic rings. The van der Waals surface area contributed by atoms with Gasteiger partial charge in [0.05, 0.1) is 23.6 Å². The topological polar surface area (TPSA) is 88.6 Å². The van der Waals surface area contributed by atoms with E-state index in [1.165, 1.54) is 40.4 Å². The summed E-state index contributed by atoms with van der Waals surface area (Å²) >= 11 is 1.36. The zero-order valence-corrected chi connectivity index (χ0v) is 19.6. The van der Waals surface area contributed by atoms with Crippen LogP contribution < -0.4 is 10.1 Å². The predicted molar refractivity (Wildman–Crippen MR) is 125 cm³/mol. The Morgan fingerprint density at radius 2 is 1.88 bits per heavy atom. The van der Waals surface area contributed by atoms with Crippen molar-refractivity contribution in [2.45, 2.75) is 24.7 Å². The van der Waals surface area contributed by atoms with Gasteiger partial charge in [0.25, 0.3) is 0 Å². The average molecular weight is 472 g/mol.